The van der Waals surface area contributed by atoms with Crippen LogP contribution in [-0.4, -0.2) is 52.1 Å². The van der Waals surface area contributed by atoms with Crippen LogP contribution in [0, 0.1) is 5.82 Å². The summed E-state index contributed by atoms with van der Waals surface area (Å²) in [6.45, 7) is 5.25. The number of quaternary nitrogens is 1. The van der Waals surface area contributed by atoms with Crippen LogP contribution in [0.1, 0.15) is 18.5 Å². The summed E-state index contributed by atoms with van der Waals surface area (Å²) in [5.74, 6) is 0.801. The van der Waals surface area contributed by atoms with E-state index in [0.29, 0.717) is 50.9 Å². The van der Waals surface area contributed by atoms with E-state index in [9.17, 15) is 12.8 Å². The van der Waals surface area contributed by atoms with Crippen molar-refractivity contribution in [1.82, 2.24) is 4.31 Å². The number of sulfonamides is 1. The molecule has 4 rings (SSSR count). The van der Waals surface area contributed by atoms with E-state index in [0.717, 1.165) is 5.56 Å². The van der Waals surface area contributed by atoms with Crippen LogP contribution in [-0.2, 0) is 10.0 Å². The molecule has 6 nitrogen and oxygen atoms in total. The molecule has 1 atom stereocenters. The van der Waals surface area contributed by atoms with Gasteiger partial charge in [-0.1, -0.05) is 12.1 Å². The van der Waals surface area contributed by atoms with Gasteiger partial charge in [-0.05, 0) is 31.2 Å². The zero-order chi connectivity index (χ0) is 19.7. The maximum Gasteiger partial charge on any atom is 0.243 e. The van der Waals surface area contributed by atoms with Gasteiger partial charge in [-0.2, -0.15) is 4.31 Å². The van der Waals surface area contributed by atoms with E-state index in [-0.39, 0.29) is 16.8 Å². The second kappa shape index (κ2) is 7.69. The zero-order valence-corrected chi connectivity index (χ0v) is 16.5. The largest absolute Gasteiger partial charge is 0.486 e. The van der Waals surface area contributed by atoms with Crippen LogP contribution in [0.25, 0.3) is 0 Å². The molecule has 1 fully saturated rings. The zero-order valence-electron chi connectivity index (χ0n) is 15.7. The SMILES string of the molecule is C[C@@H](c1ccc(F)cc1)[NH+]1CCN(S(=O)(=O)c2ccc3c(c2)OCCO3)CC1. The average Bonchev–Trinajstić information content (AvgIpc) is 2.73. The van der Waals surface area contributed by atoms with Crippen LogP contribution >= 0.6 is 0 Å². The van der Waals surface area contributed by atoms with Crippen molar-refractivity contribution in [3.05, 3.63) is 53.8 Å². The number of hydrogen-bond donors (Lipinski definition) is 1. The molecule has 2 aliphatic rings. The standard InChI is InChI=1S/C20H23FN2O4S/c1-15(16-2-4-17(21)5-3-16)22-8-10-23(11-9-22)28(24,25)18-6-7-19-20(14-18)27-13-12-26-19/h2-7,14-15H,8-13H2,1H3/p+1/t15-/m0/s1. The highest BCUT2D eigenvalue weighted by molar-refractivity contribution is 7.89. The molecule has 0 spiro atoms. The fourth-order valence-electron chi connectivity index (χ4n) is 3.77. The fraction of sp³-hybridized carbons (Fsp3) is 0.400. The molecule has 0 saturated carbocycles. The third-order valence-electron chi connectivity index (χ3n) is 5.50. The molecule has 2 heterocycles. The summed E-state index contributed by atoms with van der Waals surface area (Å²) in [4.78, 5) is 1.52. The van der Waals surface area contributed by atoms with Crippen molar-refractivity contribution in [3.8, 4) is 11.5 Å². The molecule has 0 unspecified atom stereocenters. The Morgan fingerprint density at radius 1 is 1.00 bits per heavy atom. The lowest BCUT2D eigenvalue weighted by Gasteiger charge is -2.35. The Morgan fingerprint density at radius 2 is 1.64 bits per heavy atom. The van der Waals surface area contributed by atoms with E-state index in [1.165, 1.54) is 21.3 Å². The topological polar surface area (TPSA) is 60.3 Å². The highest BCUT2D eigenvalue weighted by atomic mass is 32.2. The quantitative estimate of drug-likeness (QED) is 0.829. The number of piperazine rings is 1. The summed E-state index contributed by atoms with van der Waals surface area (Å²) in [6, 6.07) is 11.5. The van der Waals surface area contributed by atoms with Gasteiger partial charge >= 0.3 is 0 Å². The van der Waals surface area contributed by atoms with Gasteiger partial charge in [-0.3, -0.25) is 0 Å². The van der Waals surface area contributed by atoms with Crippen LogP contribution in [0.5, 0.6) is 11.5 Å². The molecule has 8 heteroatoms. The van der Waals surface area contributed by atoms with E-state index in [4.69, 9.17) is 9.47 Å². The van der Waals surface area contributed by atoms with Gasteiger partial charge in [-0.25, -0.2) is 12.8 Å². The van der Waals surface area contributed by atoms with Crippen molar-refractivity contribution in [2.24, 2.45) is 0 Å². The summed E-state index contributed by atoms with van der Waals surface area (Å²) in [7, 11) is -3.58. The predicted molar refractivity (Wildman–Crippen MR) is 102 cm³/mol. The van der Waals surface area contributed by atoms with Crippen molar-refractivity contribution < 1.29 is 27.2 Å². The normalized spacial score (nSPS) is 19.4. The second-order valence-electron chi connectivity index (χ2n) is 7.14. The molecule has 0 bridgehead atoms. The third kappa shape index (κ3) is 3.72. The molecular weight excluding hydrogens is 383 g/mol. The van der Waals surface area contributed by atoms with Crippen molar-refractivity contribution >= 4 is 10.0 Å². The Labute approximate surface area is 164 Å². The smallest absolute Gasteiger partial charge is 0.243 e. The number of ether oxygens (including phenoxy) is 2. The Hall–Kier alpha value is -2.16. The number of nitrogens with one attached hydrogen (secondary N) is 1. The molecule has 28 heavy (non-hydrogen) atoms. The van der Waals surface area contributed by atoms with Gasteiger partial charge in [0.1, 0.15) is 25.1 Å². The number of rotatable bonds is 4. The van der Waals surface area contributed by atoms with E-state index >= 15 is 0 Å². The first kappa shape index (κ1) is 19.2. The van der Waals surface area contributed by atoms with Crippen LogP contribution < -0.4 is 14.4 Å². The van der Waals surface area contributed by atoms with E-state index in [2.05, 4.69) is 6.92 Å². The Balaban J connectivity index is 1.44. The summed E-state index contributed by atoms with van der Waals surface area (Å²) in [5, 5.41) is 0. The number of hydrogen-bond acceptors (Lipinski definition) is 4. The van der Waals surface area contributed by atoms with Crippen molar-refractivity contribution in [3.63, 3.8) is 0 Å². The molecule has 0 aromatic heterocycles. The number of halogens is 1. The molecule has 1 N–H and O–H groups in total. The average molecular weight is 407 g/mol. The Morgan fingerprint density at radius 3 is 2.32 bits per heavy atom. The second-order valence-corrected chi connectivity index (χ2v) is 9.08. The molecule has 2 aromatic carbocycles. The molecular formula is C20H24FN2O4S+. The van der Waals surface area contributed by atoms with Gasteiger partial charge in [0.15, 0.2) is 11.5 Å². The minimum Gasteiger partial charge on any atom is -0.486 e. The molecule has 150 valence electrons. The van der Waals surface area contributed by atoms with Crippen LogP contribution in [0.3, 0.4) is 0 Å². The summed E-state index contributed by atoms with van der Waals surface area (Å²) in [5.41, 5.74) is 1.06. The van der Waals surface area contributed by atoms with Crippen molar-refractivity contribution in [1.29, 1.82) is 0 Å². The van der Waals surface area contributed by atoms with E-state index in [1.807, 2.05) is 0 Å². The van der Waals surface area contributed by atoms with Gasteiger partial charge < -0.3 is 14.4 Å². The molecule has 0 amide bonds. The summed E-state index contributed by atoms with van der Waals surface area (Å²) >= 11 is 0. The first-order valence-corrected chi connectivity index (χ1v) is 10.9. The maximum absolute atomic E-state index is 13.1. The lowest BCUT2D eigenvalue weighted by molar-refractivity contribution is -0.933. The molecule has 1 saturated heterocycles. The van der Waals surface area contributed by atoms with Crippen molar-refractivity contribution in [2.75, 3.05) is 39.4 Å². The number of benzene rings is 2. The van der Waals surface area contributed by atoms with E-state index < -0.39 is 10.0 Å². The summed E-state index contributed by atoms with van der Waals surface area (Å²) in [6.07, 6.45) is 0. The van der Waals surface area contributed by atoms with Crippen molar-refractivity contribution in [2.45, 2.75) is 17.9 Å². The van der Waals surface area contributed by atoms with Crippen LogP contribution in [0.15, 0.2) is 47.4 Å². The van der Waals surface area contributed by atoms with Gasteiger partial charge in [0.05, 0.1) is 31.1 Å². The van der Waals surface area contributed by atoms with E-state index in [1.54, 1.807) is 30.3 Å². The fourth-order valence-corrected chi connectivity index (χ4v) is 5.22. The van der Waals surface area contributed by atoms with Gasteiger partial charge in [-0.15, -0.1) is 0 Å². The number of fused-ring (bicyclic) bond motifs is 1. The third-order valence-corrected chi connectivity index (χ3v) is 7.39. The number of nitrogens with zero attached hydrogens (tertiary/aromatic N) is 1. The highest BCUT2D eigenvalue weighted by Gasteiger charge is 2.33. The van der Waals surface area contributed by atoms with Gasteiger partial charge in [0.2, 0.25) is 10.0 Å². The lowest BCUT2D eigenvalue weighted by Crippen LogP contribution is -3.14. The van der Waals surface area contributed by atoms with Gasteiger partial charge in [0.25, 0.3) is 0 Å². The summed E-state index contributed by atoms with van der Waals surface area (Å²) < 4.78 is 51.7. The van der Waals surface area contributed by atoms with Crippen LogP contribution in [0.2, 0.25) is 0 Å². The first-order valence-electron chi connectivity index (χ1n) is 9.45. The predicted octanol–water partition coefficient (Wildman–Crippen LogP) is 1.25. The molecule has 2 aromatic rings. The monoisotopic (exact) mass is 407 g/mol. The minimum absolute atomic E-state index is 0.180. The highest BCUT2D eigenvalue weighted by Crippen LogP contribution is 2.33. The Bertz CT molecular complexity index is 941. The van der Waals surface area contributed by atoms with Crippen LogP contribution in [0.4, 0.5) is 4.39 Å². The molecule has 0 radical (unpaired) electrons. The molecule has 2 aliphatic heterocycles. The minimum atomic E-state index is -3.58. The molecule has 0 aliphatic carbocycles. The lowest BCUT2D eigenvalue weighted by atomic mass is 10.1. The first-order chi connectivity index (χ1) is 13.4. The van der Waals surface area contributed by atoms with Gasteiger partial charge in [0, 0.05) is 11.6 Å². The Kier molecular flexibility index (Phi) is 5.27. The maximum atomic E-state index is 13.1.